The first-order chi connectivity index (χ1) is 14.2. The van der Waals surface area contributed by atoms with E-state index in [4.69, 9.17) is 4.42 Å². The molecule has 0 atom stereocenters. The summed E-state index contributed by atoms with van der Waals surface area (Å²) < 4.78 is 7.51. The van der Waals surface area contributed by atoms with Gasteiger partial charge in [-0.15, -0.1) is 10.2 Å². The van der Waals surface area contributed by atoms with Crippen LogP contribution in [0, 0.1) is 0 Å². The SMILES string of the molecule is CN(C(=O)CSc1nnc(-c2ccco2)n1Cc1ccccc1)c1ccccc1. The second-order valence-electron chi connectivity index (χ2n) is 6.43. The number of rotatable bonds is 7. The predicted octanol–water partition coefficient (Wildman–Crippen LogP) is 4.34. The minimum Gasteiger partial charge on any atom is -0.461 e. The molecule has 29 heavy (non-hydrogen) atoms. The van der Waals surface area contributed by atoms with Crippen LogP contribution >= 0.6 is 11.8 Å². The van der Waals surface area contributed by atoms with Crippen molar-refractivity contribution < 1.29 is 9.21 Å². The number of furan rings is 1. The van der Waals surface area contributed by atoms with Crippen LogP contribution in [0.5, 0.6) is 0 Å². The fourth-order valence-corrected chi connectivity index (χ4v) is 3.76. The van der Waals surface area contributed by atoms with E-state index in [1.807, 2.05) is 65.2 Å². The van der Waals surface area contributed by atoms with Gasteiger partial charge in [-0.3, -0.25) is 9.36 Å². The molecule has 0 bridgehead atoms. The van der Waals surface area contributed by atoms with Crippen molar-refractivity contribution >= 4 is 23.4 Å². The van der Waals surface area contributed by atoms with E-state index >= 15 is 0 Å². The van der Waals surface area contributed by atoms with Gasteiger partial charge in [-0.1, -0.05) is 60.3 Å². The number of anilines is 1. The number of para-hydroxylation sites is 1. The zero-order valence-electron chi connectivity index (χ0n) is 15.9. The molecular formula is C22H20N4O2S. The first-order valence-corrected chi connectivity index (χ1v) is 10.2. The minimum atomic E-state index is -0.00462. The summed E-state index contributed by atoms with van der Waals surface area (Å²) in [6.07, 6.45) is 1.61. The molecule has 0 aliphatic rings. The molecule has 0 N–H and O–H groups in total. The Morgan fingerprint density at radius 3 is 2.41 bits per heavy atom. The first kappa shape index (κ1) is 19.0. The zero-order valence-corrected chi connectivity index (χ0v) is 16.7. The molecule has 1 amide bonds. The van der Waals surface area contributed by atoms with Crippen LogP contribution in [0.1, 0.15) is 5.56 Å². The summed E-state index contributed by atoms with van der Waals surface area (Å²) in [4.78, 5) is 14.3. The van der Waals surface area contributed by atoms with Crippen LogP contribution in [0.3, 0.4) is 0 Å². The average molecular weight is 404 g/mol. The molecule has 2 aromatic carbocycles. The molecule has 146 valence electrons. The van der Waals surface area contributed by atoms with E-state index in [0.717, 1.165) is 11.3 Å². The topological polar surface area (TPSA) is 64.2 Å². The summed E-state index contributed by atoms with van der Waals surface area (Å²) in [5.74, 6) is 1.55. The van der Waals surface area contributed by atoms with Crippen LogP contribution in [0.15, 0.2) is 88.6 Å². The molecule has 0 aliphatic carbocycles. The third-order valence-corrected chi connectivity index (χ3v) is 5.44. The van der Waals surface area contributed by atoms with E-state index in [9.17, 15) is 4.79 Å². The van der Waals surface area contributed by atoms with Crippen LogP contribution in [0.2, 0.25) is 0 Å². The molecule has 0 spiro atoms. The number of benzene rings is 2. The Bertz CT molecular complexity index is 1060. The number of thioether (sulfide) groups is 1. The average Bonchev–Trinajstić information content (AvgIpc) is 3.43. The summed E-state index contributed by atoms with van der Waals surface area (Å²) in [5.41, 5.74) is 1.98. The smallest absolute Gasteiger partial charge is 0.237 e. The number of hydrogen-bond donors (Lipinski definition) is 0. The van der Waals surface area contributed by atoms with Crippen molar-refractivity contribution in [2.45, 2.75) is 11.7 Å². The second kappa shape index (κ2) is 8.79. The first-order valence-electron chi connectivity index (χ1n) is 9.18. The summed E-state index contributed by atoms with van der Waals surface area (Å²) in [7, 11) is 1.78. The third-order valence-electron chi connectivity index (χ3n) is 4.48. The Balaban J connectivity index is 1.54. The van der Waals surface area contributed by atoms with Gasteiger partial charge in [-0.25, -0.2) is 0 Å². The van der Waals surface area contributed by atoms with Crippen molar-refractivity contribution in [3.63, 3.8) is 0 Å². The van der Waals surface area contributed by atoms with Crippen molar-refractivity contribution in [3.05, 3.63) is 84.6 Å². The molecule has 2 heterocycles. The lowest BCUT2D eigenvalue weighted by Gasteiger charge is -2.17. The van der Waals surface area contributed by atoms with E-state index in [2.05, 4.69) is 22.3 Å². The summed E-state index contributed by atoms with van der Waals surface area (Å²) in [6.45, 7) is 0.592. The Morgan fingerprint density at radius 1 is 1.00 bits per heavy atom. The van der Waals surface area contributed by atoms with Gasteiger partial charge in [0.15, 0.2) is 10.9 Å². The van der Waals surface area contributed by atoms with Crippen molar-refractivity contribution in [2.24, 2.45) is 0 Å². The van der Waals surface area contributed by atoms with Crippen LogP contribution in [0.25, 0.3) is 11.6 Å². The van der Waals surface area contributed by atoms with E-state index in [0.29, 0.717) is 23.3 Å². The maximum atomic E-state index is 12.7. The summed E-state index contributed by atoms with van der Waals surface area (Å²) in [6, 6.07) is 23.3. The predicted molar refractivity (Wildman–Crippen MR) is 114 cm³/mol. The molecule has 0 saturated carbocycles. The molecule has 0 radical (unpaired) electrons. The largest absolute Gasteiger partial charge is 0.461 e. The Labute approximate surface area is 173 Å². The molecule has 4 aromatic rings. The van der Waals surface area contributed by atoms with Gasteiger partial charge < -0.3 is 9.32 Å². The van der Waals surface area contributed by atoms with Crippen molar-refractivity contribution in [1.29, 1.82) is 0 Å². The molecular weight excluding hydrogens is 384 g/mol. The Hall–Kier alpha value is -3.32. The molecule has 0 aliphatic heterocycles. The van der Waals surface area contributed by atoms with Gasteiger partial charge in [0, 0.05) is 12.7 Å². The van der Waals surface area contributed by atoms with Crippen LogP contribution < -0.4 is 4.90 Å². The monoisotopic (exact) mass is 404 g/mol. The van der Waals surface area contributed by atoms with E-state index in [1.54, 1.807) is 18.2 Å². The lowest BCUT2D eigenvalue weighted by atomic mass is 10.2. The fraction of sp³-hybridized carbons (Fsp3) is 0.136. The zero-order chi connectivity index (χ0) is 20.1. The highest BCUT2D eigenvalue weighted by atomic mass is 32.2. The molecule has 0 saturated heterocycles. The molecule has 0 fully saturated rings. The van der Waals surface area contributed by atoms with Gasteiger partial charge >= 0.3 is 0 Å². The van der Waals surface area contributed by atoms with Gasteiger partial charge in [0.05, 0.1) is 18.6 Å². The number of amides is 1. The summed E-state index contributed by atoms with van der Waals surface area (Å²) >= 11 is 1.37. The minimum absolute atomic E-state index is 0.00462. The maximum absolute atomic E-state index is 12.7. The van der Waals surface area contributed by atoms with Gasteiger partial charge in [0.2, 0.25) is 11.7 Å². The Kier molecular flexibility index (Phi) is 5.76. The van der Waals surface area contributed by atoms with Crippen molar-refractivity contribution in [3.8, 4) is 11.6 Å². The highest BCUT2D eigenvalue weighted by molar-refractivity contribution is 7.99. The van der Waals surface area contributed by atoms with Gasteiger partial charge in [-0.2, -0.15) is 0 Å². The summed E-state index contributed by atoms with van der Waals surface area (Å²) in [5, 5.41) is 9.30. The quantitative estimate of drug-likeness (QED) is 0.429. The van der Waals surface area contributed by atoms with Gasteiger partial charge in [0.25, 0.3) is 0 Å². The highest BCUT2D eigenvalue weighted by Crippen LogP contribution is 2.26. The normalized spacial score (nSPS) is 10.8. The van der Waals surface area contributed by atoms with Crippen molar-refractivity contribution in [1.82, 2.24) is 14.8 Å². The number of hydrogen-bond acceptors (Lipinski definition) is 5. The molecule has 7 heteroatoms. The molecule has 2 aromatic heterocycles. The van der Waals surface area contributed by atoms with Crippen LogP contribution in [-0.2, 0) is 11.3 Å². The molecule has 4 rings (SSSR count). The van der Waals surface area contributed by atoms with E-state index < -0.39 is 0 Å². The standard InChI is InChI=1S/C22H20N4O2S/c1-25(18-11-6-3-7-12-18)20(27)16-29-22-24-23-21(19-13-8-14-28-19)26(22)15-17-9-4-2-5-10-17/h2-14H,15-16H2,1H3. The fourth-order valence-electron chi connectivity index (χ4n) is 2.91. The Morgan fingerprint density at radius 2 is 1.72 bits per heavy atom. The van der Waals surface area contributed by atoms with Crippen LogP contribution in [-0.4, -0.2) is 33.5 Å². The lowest BCUT2D eigenvalue weighted by molar-refractivity contribution is -0.115. The van der Waals surface area contributed by atoms with Crippen LogP contribution in [0.4, 0.5) is 5.69 Å². The third kappa shape index (κ3) is 4.41. The number of nitrogens with zero attached hydrogens (tertiary/aromatic N) is 4. The molecule has 6 nitrogen and oxygen atoms in total. The lowest BCUT2D eigenvalue weighted by Crippen LogP contribution is -2.28. The number of carbonyl (C=O) groups is 1. The number of carbonyl (C=O) groups excluding carboxylic acids is 1. The van der Waals surface area contributed by atoms with Crippen molar-refractivity contribution in [2.75, 3.05) is 17.7 Å². The second-order valence-corrected chi connectivity index (χ2v) is 7.37. The van der Waals surface area contributed by atoms with Gasteiger partial charge in [0.1, 0.15) is 0 Å². The molecule has 0 unspecified atom stereocenters. The van der Waals surface area contributed by atoms with E-state index in [-0.39, 0.29) is 11.7 Å². The highest BCUT2D eigenvalue weighted by Gasteiger charge is 2.19. The van der Waals surface area contributed by atoms with Gasteiger partial charge in [-0.05, 0) is 29.8 Å². The number of aromatic nitrogens is 3. The maximum Gasteiger partial charge on any atom is 0.237 e. The van der Waals surface area contributed by atoms with E-state index in [1.165, 1.54) is 11.8 Å².